The smallest absolute Gasteiger partial charge is 0.214 e. The Kier molecular flexibility index (Phi) is 10.8. The average Bonchev–Trinajstić information content (AvgIpc) is 2.11. The van der Waals surface area contributed by atoms with E-state index in [1.54, 1.807) is 0 Å². The topological polar surface area (TPSA) is 55.1 Å². The molecule has 0 bridgehead atoms. The molecule has 0 spiro atoms. The molecule has 0 unspecified atom stereocenters. The van der Waals surface area contributed by atoms with E-state index in [2.05, 4.69) is 11.1 Å². The van der Waals surface area contributed by atoms with Gasteiger partial charge in [0.25, 0.3) is 0 Å². The second-order valence-electron chi connectivity index (χ2n) is 2.07. The van der Waals surface area contributed by atoms with Crippen LogP contribution in [-0.4, -0.2) is 19.0 Å². The predicted octanol–water partition coefficient (Wildman–Crippen LogP) is 0.283. The third-order valence-corrected chi connectivity index (χ3v) is 0.957. The van der Waals surface area contributed by atoms with E-state index in [9.17, 15) is 4.79 Å². The highest BCUT2D eigenvalue weighted by Gasteiger charge is 1.93. The van der Waals surface area contributed by atoms with E-state index >= 15 is 0 Å². The summed E-state index contributed by atoms with van der Waals surface area (Å²) in [6, 6.07) is 0. The van der Waals surface area contributed by atoms with Crippen molar-refractivity contribution < 1.29 is 4.79 Å². The van der Waals surface area contributed by atoms with Gasteiger partial charge in [0.1, 0.15) is 0 Å². The Labute approximate surface area is 67.8 Å². The molecule has 1 aliphatic rings. The fourth-order valence-corrected chi connectivity index (χ4v) is 0.625. The quantitative estimate of drug-likeness (QED) is 0.544. The molecule has 1 fully saturated rings. The van der Waals surface area contributed by atoms with Gasteiger partial charge in [0.05, 0.1) is 0 Å². The van der Waals surface area contributed by atoms with Gasteiger partial charge in [-0.1, -0.05) is 0 Å². The number of carbonyl (C=O) groups excluding carboxylic acids is 1. The van der Waals surface area contributed by atoms with Crippen molar-refractivity contribution in [1.82, 2.24) is 5.32 Å². The van der Waals surface area contributed by atoms with E-state index in [0.717, 1.165) is 0 Å². The molecule has 0 aromatic carbocycles. The van der Waals surface area contributed by atoms with E-state index in [1.165, 1.54) is 32.9 Å². The van der Waals surface area contributed by atoms with Gasteiger partial charge in [-0.2, -0.15) is 0 Å². The van der Waals surface area contributed by atoms with Crippen LogP contribution in [0.2, 0.25) is 0 Å². The van der Waals surface area contributed by atoms with Crippen molar-refractivity contribution in [1.29, 1.82) is 0 Å². The van der Waals surface area contributed by atoms with Crippen LogP contribution < -0.4 is 11.1 Å². The lowest BCUT2D eigenvalue weighted by atomic mass is 10.4. The van der Waals surface area contributed by atoms with Gasteiger partial charge < -0.3 is 11.1 Å². The summed E-state index contributed by atoms with van der Waals surface area (Å²) >= 11 is 0. The minimum absolute atomic E-state index is 0. The zero-order chi connectivity index (χ0) is 7.11. The zero-order valence-electron chi connectivity index (χ0n) is 6.22. The Hall–Kier alpha value is -0.280. The lowest BCUT2D eigenvalue weighted by Crippen LogP contribution is -2.03. The van der Waals surface area contributed by atoms with Crippen LogP contribution in [0.3, 0.4) is 0 Å². The first-order valence-electron chi connectivity index (χ1n) is 3.20. The summed E-state index contributed by atoms with van der Waals surface area (Å²) in [4.78, 5) is 9.22. The summed E-state index contributed by atoms with van der Waals surface area (Å²) in [5.74, 6) is -0.333. The highest BCUT2D eigenvalue weighted by Crippen LogP contribution is 1.90. The average molecular weight is 167 g/mol. The van der Waals surface area contributed by atoms with E-state index in [4.69, 9.17) is 0 Å². The summed E-state index contributed by atoms with van der Waals surface area (Å²) in [5, 5.41) is 3.22. The Balaban J connectivity index is 0. The number of nitrogens with two attached hydrogens (primary N) is 1. The van der Waals surface area contributed by atoms with E-state index in [1.807, 2.05) is 0 Å². The van der Waals surface area contributed by atoms with Crippen LogP contribution in [0.5, 0.6) is 0 Å². The second kappa shape index (κ2) is 8.72. The Morgan fingerprint density at radius 2 is 1.70 bits per heavy atom. The number of amides is 1. The molecular weight excluding hydrogens is 152 g/mol. The van der Waals surface area contributed by atoms with Crippen LogP contribution in [0.15, 0.2) is 0 Å². The number of rotatable bonds is 0. The van der Waals surface area contributed by atoms with Crippen LogP contribution >= 0.6 is 12.4 Å². The van der Waals surface area contributed by atoms with Gasteiger partial charge in [0, 0.05) is 6.92 Å². The normalized spacial score (nSPS) is 14.5. The van der Waals surface area contributed by atoms with Crippen LogP contribution in [0, 0.1) is 0 Å². The van der Waals surface area contributed by atoms with Gasteiger partial charge >= 0.3 is 0 Å². The van der Waals surface area contributed by atoms with Crippen molar-refractivity contribution in [2.75, 3.05) is 13.1 Å². The summed E-state index contributed by atoms with van der Waals surface area (Å²) in [7, 11) is 0. The molecule has 0 radical (unpaired) electrons. The molecule has 0 aromatic rings. The zero-order valence-corrected chi connectivity index (χ0v) is 7.04. The predicted molar refractivity (Wildman–Crippen MR) is 44.2 cm³/mol. The van der Waals surface area contributed by atoms with Gasteiger partial charge in [-0.3, -0.25) is 4.79 Å². The van der Waals surface area contributed by atoms with Gasteiger partial charge in [0.15, 0.2) is 0 Å². The maximum atomic E-state index is 9.22. The third kappa shape index (κ3) is 15.6. The molecule has 0 aliphatic carbocycles. The third-order valence-electron chi connectivity index (χ3n) is 0.957. The molecule has 3 N–H and O–H groups in total. The fourth-order valence-electron chi connectivity index (χ4n) is 0.625. The summed E-state index contributed by atoms with van der Waals surface area (Å²) in [5.41, 5.74) is 4.47. The molecule has 0 atom stereocenters. The second-order valence-corrected chi connectivity index (χ2v) is 2.07. The number of halogens is 1. The minimum Gasteiger partial charge on any atom is -0.370 e. The lowest BCUT2D eigenvalue weighted by Gasteiger charge is -1.76. The number of carbonyl (C=O) groups is 1. The summed E-state index contributed by atoms with van der Waals surface area (Å²) in [6.07, 6.45) is 2.78. The maximum Gasteiger partial charge on any atom is 0.214 e. The molecule has 1 saturated heterocycles. The number of hydrogen-bond donors (Lipinski definition) is 2. The number of hydrogen-bond acceptors (Lipinski definition) is 2. The maximum absolute atomic E-state index is 9.22. The van der Waals surface area contributed by atoms with Gasteiger partial charge in [0.2, 0.25) is 5.91 Å². The van der Waals surface area contributed by atoms with Crippen molar-refractivity contribution >= 4 is 18.3 Å². The molecule has 10 heavy (non-hydrogen) atoms. The van der Waals surface area contributed by atoms with E-state index < -0.39 is 0 Å². The van der Waals surface area contributed by atoms with Crippen LogP contribution in [0.4, 0.5) is 0 Å². The Morgan fingerprint density at radius 1 is 1.40 bits per heavy atom. The van der Waals surface area contributed by atoms with Crippen molar-refractivity contribution in [2.45, 2.75) is 19.8 Å². The molecule has 1 amide bonds. The summed E-state index contributed by atoms with van der Waals surface area (Å²) in [6.45, 7) is 3.81. The molecule has 0 aromatic heterocycles. The van der Waals surface area contributed by atoms with Crippen molar-refractivity contribution in [3.8, 4) is 0 Å². The SMILES string of the molecule is C1CCNC1.CC(N)=O.Cl. The molecule has 0 saturated carbocycles. The standard InChI is InChI=1S/C4H9N.C2H5NO.ClH/c1-2-4-5-3-1;1-2(3)4;/h5H,1-4H2;1H3,(H2,3,4);1H. The molecule has 3 nitrogen and oxygen atoms in total. The first-order valence-corrected chi connectivity index (χ1v) is 3.20. The van der Waals surface area contributed by atoms with Gasteiger partial charge in [-0.25, -0.2) is 0 Å². The van der Waals surface area contributed by atoms with Crippen LogP contribution in [0.25, 0.3) is 0 Å². The monoisotopic (exact) mass is 166 g/mol. The molecule has 1 rings (SSSR count). The lowest BCUT2D eigenvalue weighted by molar-refractivity contribution is -0.115. The molecule has 1 aliphatic heterocycles. The molecule has 4 heteroatoms. The van der Waals surface area contributed by atoms with Gasteiger partial charge in [-0.05, 0) is 25.9 Å². The highest BCUT2D eigenvalue weighted by molar-refractivity contribution is 5.85. The Morgan fingerprint density at radius 3 is 1.80 bits per heavy atom. The van der Waals surface area contributed by atoms with E-state index in [0.29, 0.717) is 0 Å². The molecular formula is C6H15ClN2O. The number of primary amides is 1. The van der Waals surface area contributed by atoms with Crippen LogP contribution in [0.1, 0.15) is 19.8 Å². The van der Waals surface area contributed by atoms with Crippen molar-refractivity contribution in [2.24, 2.45) is 5.73 Å². The largest absolute Gasteiger partial charge is 0.370 e. The van der Waals surface area contributed by atoms with Gasteiger partial charge in [-0.15, -0.1) is 12.4 Å². The minimum atomic E-state index is -0.333. The number of nitrogens with one attached hydrogen (secondary N) is 1. The molecule has 62 valence electrons. The first-order chi connectivity index (χ1) is 4.23. The Bertz CT molecular complexity index is 72.2. The van der Waals surface area contributed by atoms with E-state index in [-0.39, 0.29) is 18.3 Å². The van der Waals surface area contributed by atoms with Crippen molar-refractivity contribution in [3.05, 3.63) is 0 Å². The fraction of sp³-hybridized carbons (Fsp3) is 0.833. The first kappa shape index (κ1) is 12.4. The highest BCUT2D eigenvalue weighted by atomic mass is 35.5. The van der Waals surface area contributed by atoms with Crippen molar-refractivity contribution in [3.63, 3.8) is 0 Å². The molecule has 1 heterocycles. The summed E-state index contributed by atoms with van der Waals surface area (Å²) < 4.78 is 0. The van der Waals surface area contributed by atoms with Crippen LogP contribution in [-0.2, 0) is 4.79 Å².